The van der Waals surface area contributed by atoms with Crippen molar-refractivity contribution in [2.75, 3.05) is 16.6 Å². The first-order valence-electron chi connectivity index (χ1n) is 9.22. The SMILES string of the molecule is Cn1nc2cc(NS(=O)(=O)NCC3CC3)ccc2c1C(=O)Nc1ccc(F)c(Cl)c1. The van der Waals surface area contributed by atoms with Gasteiger partial charge in [-0.1, -0.05) is 11.6 Å². The van der Waals surface area contributed by atoms with E-state index in [1.165, 1.54) is 16.8 Å². The standard InChI is InChI=1S/C19H19ClFN5O3S/c1-26-18(19(27)23-12-5-7-16(21)15(20)8-12)14-6-4-13(9-17(14)24-26)25-30(28,29)22-10-11-2-3-11/h4-9,11,22,25H,2-3,10H2,1H3,(H,23,27). The van der Waals surface area contributed by atoms with E-state index < -0.39 is 21.9 Å². The zero-order valence-corrected chi connectivity index (χ0v) is 17.5. The quantitative estimate of drug-likeness (QED) is 0.512. The second-order valence-corrected chi connectivity index (χ2v) is 9.09. The Bertz CT molecular complexity index is 1240. The Morgan fingerprint density at radius 3 is 2.67 bits per heavy atom. The highest BCUT2D eigenvalue weighted by Gasteiger charge is 2.24. The van der Waals surface area contributed by atoms with Crippen LogP contribution in [0.5, 0.6) is 0 Å². The summed E-state index contributed by atoms with van der Waals surface area (Å²) in [5.74, 6) is -0.624. The van der Waals surface area contributed by atoms with Crippen LogP contribution >= 0.6 is 11.6 Å². The molecule has 8 nitrogen and oxygen atoms in total. The van der Waals surface area contributed by atoms with Crippen LogP contribution in [0.1, 0.15) is 23.3 Å². The van der Waals surface area contributed by atoms with Gasteiger partial charge in [-0.2, -0.15) is 18.2 Å². The second kappa shape index (κ2) is 7.86. The number of aromatic nitrogens is 2. The van der Waals surface area contributed by atoms with Crippen molar-refractivity contribution in [1.29, 1.82) is 0 Å². The number of aryl methyl sites for hydroxylation is 1. The van der Waals surface area contributed by atoms with Crippen LogP contribution in [0, 0.1) is 11.7 Å². The monoisotopic (exact) mass is 451 g/mol. The van der Waals surface area contributed by atoms with Gasteiger partial charge in [0, 0.05) is 24.7 Å². The zero-order valence-electron chi connectivity index (χ0n) is 15.9. The normalized spacial score (nSPS) is 14.1. The number of anilines is 2. The number of amides is 1. The fourth-order valence-electron chi connectivity index (χ4n) is 3.04. The summed E-state index contributed by atoms with van der Waals surface area (Å²) in [6.07, 6.45) is 2.08. The highest BCUT2D eigenvalue weighted by Crippen LogP contribution is 2.28. The lowest BCUT2D eigenvalue weighted by molar-refractivity contribution is 0.101. The maximum atomic E-state index is 13.3. The topological polar surface area (TPSA) is 105 Å². The van der Waals surface area contributed by atoms with E-state index in [1.54, 1.807) is 25.2 Å². The van der Waals surface area contributed by atoms with Crippen molar-refractivity contribution in [1.82, 2.24) is 14.5 Å². The zero-order chi connectivity index (χ0) is 21.5. The Labute approximate surface area is 177 Å². The summed E-state index contributed by atoms with van der Waals surface area (Å²) in [6.45, 7) is 0.416. The molecule has 1 saturated carbocycles. The van der Waals surface area contributed by atoms with Crippen molar-refractivity contribution in [3.8, 4) is 0 Å². The fourth-order valence-corrected chi connectivity index (χ4v) is 4.18. The maximum absolute atomic E-state index is 13.3. The number of nitrogens with one attached hydrogen (secondary N) is 3. The number of fused-ring (bicyclic) bond motifs is 1. The predicted octanol–water partition coefficient (Wildman–Crippen LogP) is 3.27. The molecule has 11 heteroatoms. The van der Waals surface area contributed by atoms with Crippen molar-refractivity contribution in [2.45, 2.75) is 12.8 Å². The summed E-state index contributed by atoms with van der Waals surface area (Å²) in [4.78, 5) is 12.7. The van der Waals surface area contributed by atoms with E-state index in [2.05, 4.69) is 19.9 Å². The molecule has 1 heterocycles. The molecule has 0 spiro atoms. The molecule has 0 aliphatic heterocycles. The number of carbonyl (C=O) groups is 1. The molecule has 30 heavy (non-hydrogen) atoms. The van der Waals surface area contributed by atoms with Crippen molar-refractivity contribution >= 4 is 50.0 Å². The third-order valence-corrected chi connectivity index (χ3v) is 6.08. The molecule has 1 aliphatic carbocycles. The van der Waals surface area contributed by atoms with Gasteiger partial charge in [-0.25, -0.2) is 4.39 Å². The Kier molecular flexibility index (Phi) is 5.39. The molecule has 3 aromatic rings. The summed E-state index contributed by atoms with van der Waals surface area (Å²) in [5.41, 5.74) is 1.39. The third-order valence-electron chi connectivity index (χ3n) is 4.74. The van der Waals surface area contributed by atoms with Crippen LogP contribution in [0.2, 0.25) is 5.02 Å². The van der Waals surface area contributed by atoms with Crippen LogP contribution in [-0.2, 0) is 17.3 Å². The summed E-state index contributed by atoms with van der Waals surface area (Å²) in [5, 5.41) is 7.39. The average Bonchev–Trinajstić information content (AvgIpc) is 3.44. The molecule has 0 radical (unpaired) electrons. The van der Waals surface area contributed by atoms with Crippen LogP contribution in [0.4, 0.5) is 15.8 Å². The van der Waals surface area contributed by atoms with Gasteiger partial charge in [-0.15, -0.1) is 0 Å². The van der Waals surface area contributed by atoms with E-state index in [9.17, 15) is 17.6 Å². The molecule has 0 bridgehead atoms. The number of halogens is 2. The molecule has 0 atom stereocenters. The number of hydrogen-bond donors (Lipinski definition) is 3. The number of rotatable bonds is 7. The minimum atomic E-state index is -3.68. The van der Waals surface area contributed by atoms with E-state index in [1.807, 2.05) is 0 Å². The first kappa shape index (κ1) is 20.6. The summed E-state index contributed by atoms with van der Waals surface area (Å²) in [6, 6.07) is 8.61. The summed E-state index contributed by atoms with van der Waals surface area (Å²) >= 11 is 5.76. The molecule has 2 aromatic carbocycles. The summed E-state index contributed by atoms with van der Waals surface area (Å²) < 4.78 is 44.0. The molecular formula is C19H19ClFN5O3S. The highest BCUT2D eigenvalue weighted by atomic mass is 35.5. The number of nitrogens with zero attached hydrogens (tertiary/aromatic N) is 2. The van der Waals surface area contributed by atoms with Gasteiger partial charge >= 0.3 is 0 Å². The lowest BCUT2D eigenvalue weighted by Gasteiger charge is -2.09. The minimum Gasteiger partial charge on any atom is -0.321 e. The van der Waals surface area contributed by atoms with E-state index in [0.717, 1.165) is 18.9 Å². The molecule has 0 saturated heterocycles. The van der Waals surface area contributed by atoms with Crippen molar-refractivity contribution < 1.29 is 17.6 Å². The van der Waals surface area contributed by atoms with Gasteiger partial charge < -0.3 is 5.32 Å². The van der Waals surface area contributed by atoms with Gasteiger partial charge in [-0.05, 0) is 55.2 Å². The Morgan fingerprint density at radius 1 is 1.23 bits per heavy atom. The maximum Gasteiger partial charge on any atom is 0.299 e. The number of carbonyl (C=O) groups excluding carboxylic acids is 1. The molecule has 1 aromatic heterocycles. The Morgan fingerprint density at radius 2 is 1.97 bits per heavy atom. The number of hydrogen-bond acceptors (Lipinski definition) is 4. The third kappa shape index (κ3) is 4.55. The fraction of sp³-hybridized carbons (Fsp3) is 0.263. The second-order valence-electron chi connectivity index (χ2n) is 7.18. The molecule has 3 N–H and O–H groups in total. The van der Waals surface area contributed by atoms with Gasteiger partial charge in [0.25, 0.3) is 16.1 Å². The van der Waals surface area contributed by atoms with Gasteiger partial charge in [0.15, 0.2) is 0 Å². The Balaban J connectivity index is 1.55. The molecule has 1 aliphatic rings. The largest absolute Gasteiger partial charge is 0.321 e. The van der Waals surface area contributed by atoms with E-state index >= 15 is 0 Å². The van der Waals surface area contributed by atoms with Crippen molar-refractivity contribution in [2.24, 2.45) is 13.0 Å². The van der Waals surface area contributed by atoms with Crippen LogP contribution in [0.3, 0.4) is 0 Å². The van der Waals surface area contributed by atoms with Gasteiger partial charge in [0.05, 0.1) is 16.2 Å². The van der Waals surface area contributed by atoms with Crippen molar-refractivity contribution in [3.63, 3.8) is 0 Å². The van der Waals surface area contributed by atoms with E-state index in [4.69, 9.17) is 11.6 Å². The van der Waals surface area contributed by atoms with Crippen LogP contribution in [0.25, 0.3) is 10.9 Å². The van der Waals surface area contributed by atoms with Crippen LogP contribution in [-0.4, -0.2) is 30.7 Å². The molecule has 1 fully saturated rings. The van der Waals surface area contributed by atoms with Gasteiger partial charge in [0.2, 0.25) is 0 Å². The predicted molar refractivity (Wildman–Crippen MR) is 113 cm³/mol. The highest BCUT2D eigenvalue weighted by molar-refractivity contribution is 7.90. The lowest BCUT2D eigenvalue weighted by Crippen LogP contribution is -2.31. The molecule has 4 rings (SSSR count). The minimum absolute atomic E-state index is 0.102. The Hall–Kier alpha value is -2.69. The lowest BCUT2D eigenvalue weighted by atomic mass is 10.2. The average molecular weight is 452 g/mol. The van der Waals surface area contributed by atoms with E-state index in [0.29, 0.717) is 34.7 Å². The van der Waals surface area contributed by atoms with Gasteiger partial charge in [0.1, 0.15) is 11.5 Å². The van der Waals surface area contributed by atoms with Crippen LogP contribution in [0.15, 0.2) is 36.4 Å². The first-order valence-corrected chi connectivity index (χ1v) is 11.1. The summed E-state index contributed by atoms with van der Waals surface area (Å²) in [7, 11) is -2.08. The van der Waals surface area contributed by atoms with Crippen LogP contribution < -0.4 is 14.8 Å². The number of benzene rings is 2. The van der Waals surface area contributed by atoms with Crippen molar-refractivity contribution in [3.05, 3.63) is 52.9 Å². The molecule has 158 valence electrons. The van der Waals surface area contributed by atoms with Gasteiger partial charge in [-0.3, -0.25) is 14.2 Å². The molecular weight excluding hydrogens is 433 g/mol. The first-order chi connectivity index (χ1) is 14.2. The smallest absolute Gasteiger partial charge is 0.299 e. The molecule has 1 amide bonds. The van der Waals surface area contributed by atoms with E-state index in [-0.39, 0.29) is 10.7 Å². The molecule has 0 unspecified atom stereocenters.